The van der Waals surface area contributed by atoms with Crippen LogP contribution in [0.4, 0.5) is 5.82 Å². The quantitative estimate of drug-likeness (QED) is 0.312. The van der Waals surface area contributed by atoms with Crippen molar-refractivity contribution in [2.45, 2.75) is 39.3 Å². The Morgan fingerprint density at radius 2 is 1.55 bits per heavy atom. The minimum atomic E-state index is -3.86. The van der Waals surface area contributed by atoms with Gasteiger partial charge in [-0.15, -0.1) is 0 Å². The largest absolute Gasteiger partial charge is 0.371 e. The number of ether oxygens (including phenoxy) is 2. The van der Waals surface area contributed by atoms with Gasteiger partial charge in [0.25, 0.3) is 5.91 Å². The monoisotopic (exact) mass is 569 g/mol. The molecule has 1 heterocycles. The third kappa shape index (κ3) is 8.82. The summed E-state index contributed by atoms with van der Waals surface area (Å²) in [5.41, 5.74) is 2.89. The van der Waals surface area contributed by atoms with Crippen molar-refractivity contribution in [2.75, 3.05) is 45.4 Å². The van der Waals surface area contributed by atoms with Crippen molar-refractivity contribution in [1.82, 2.24) is 19.0 Å². The third-order valence-corrected chi connectivity index (χ3v) is 7.45. The Labute approximate surface area is 237 Å². The van der Waals surface area contributed by atoms with Gasteiger partial charge in [0, 0.05) is 37.8 Å². The first-order valence-electron chi connectivity index (χ1n) is 13.1. The van der Waals surface area contributed by atoms with Gasteiger partial charge in [-0.25, -0.2) is 9.71 Å². The van der Waals surface area contributed by atoms with Crippen LogP contribution in [0.1, 0.15) is 27.7 Å². The number of benzene rings is 2. The molecule has 0 bridgehead atoms. The summed E-state index contributed by atoms with van der Waals surface area (Å²) in [5, 5.41) is 0. The average Bonchev–Trinajstić information content (AvgIpc) is 2.91. The van der Waals surface area contributed by atoms with Gasteiger partial charge in [-0.2, -0.15) is 12.7 Å². The maximum atomic E-state index is 11.9. The Kier molecular flexibility index (Phi) is 10.7. The molecule has 3 rings (SSSR count). The molecule has 11 heteroatoms. The molecule has 10 nitrogen and oxygen atoms in total. The van der Waals surface area contributed by atoms with Crippen molar-refractivity contribution in [3.05, 3.63) is 66.9 Å². The molecule has 1 amide bonds. The van der Waals surface area contributed by atoms with Crippen LogP contribution in [-0.2, 0) is 24.5 Å². The van der Waals surface area contributed by atoms with E-state index in [9.17, 15) is 13.2 Å². The lowest BCUT2D eigenvalue weighted by atomic mass is 10.0. The van der Waals surface area contributed by atoms with Gasteiger partial charge in [0.15, 0.2) is 0 Å². The molecule has 0 fully saturated rings. The lowest BCUT2D eigenvalue weighted by molar-refractivity contribution is -0.128. The smallest absolute Gasteiger partial charge is 0.303 e. The summed E-state index contributed by atoms with van der Waals surface area (Å²) in [6.07, 6.45) is 1.80. The summed E-state index contributed by atoms with van der Waals surface area (Å²) in [6.45, 7) is 8.51. The summed E-state index contributed by atoms with van der Waals surface area (Å²) in [6, 6.07) is 20.1. The van der Waals surface area contributed by atoms with Crippen LogP contribution >= 0.6 is 0 Å². The van der Waals surface area contributed by atoms with E-state index in [1.54, 1.807) is 6.20 Å². The molecule has 0 saturated carbocycles. The Hall–Kier alpha value is -3.38. The number of carbonyl (C=O) groups excluding carboxylic acids is 1. The molecule has 0 spiro atoms. The van der Waals surface area contributed by atoms with E-state index in [4.69, 9.17) is 19.4 Å². The second-order valence-corrected chi connectivity index (χ2v) is 12.2. The second-order valence-electron chi connectivity index (χ2n) is 10.4. The average molecular weight is 570 g/mol. The highest BCUT2D eigenvalue weighted by atomic mass is 32.2. The number of hydrogen-bond donors (Lipinski definition) is 1. The lowest BCUT2D eigenvalue weighted by Gasteiger charge is -2.31. The van der Waals surface area contributed by atoms with Gasteiger partial charge in [-0.1, -0.05) is 60.7 Å². The summed E-state index contributed by atoms with van der Waals surface area (Å²) in [7, 11) is -1.19. The van der Waals surface area contributed by atoms with Crippen molar-refractivity contribution in [3.8, 4) is 22.5 Å². The van der Waals surface area contributed by atoms with Crippen LogP contribution in [0.25, 0.3) is 22.5 Å². The zero-order valence-electron chi connectivity index (χ0n) is 24.0. The van der Waals surface area contributed by atoms with Crippen molar-refractivity contribution >= 4 is 21.9 Å². The van der Waals surface area contributed by atoms with Crippen molar-refractivity contribution in [2.24, 2.45) is 0 Å². The number of amides is 1. The number of hydrogen-bond acceptors (Lipinski definition) is 8. The molecule has 0 saturated heterocycles. The predicted octanol–water partition coefficient (Wildman–Crippen LogP) is 3.76. The minimum absolute atomic E-state index is 0.105. The van der Waals surface area contributed by atoms with Crippen LogP contribution in [0, 0.1) is 0 Å². The van der Waals surface area contributed by atoms with Gasteiger partial charge in [0.05, 0.1) is 36.4 Å². The summed E-state index contributed by atoms with van der Waals surface area (Å²) >= 11 is 0. The maximum absolute atomic E-state index is 11.9. The van der Waals surface area contributed by atoms with Crippen LogP contribution < -0.4 is 9.62 Å². The number of aromatic nitrogens is 2. The molecule has 1 N–H and O–H groups in total. The van der Waals surface area contributed by atoms with E-state index >= 15 is 0 Å². The number of anilines is 1. The fraction of sp³-hybridized carbons (Fsp3) is 0.414. The van der Waals surface area contributed by atoms with E-state index in [0.717, 1.165) is 32.6 Å². The van der Waals surface area contributed by atoms with Gasteiger partial charge >= 0.3 is 10.2 Å². The molecule has 0 atom stereocenters. The fourth-order valence-electron chi connectivity index (χ4n) is 3.88. The van der Waals surface area contributed by atoms with Gasteiger partial charge in [-0.05, 0) is 27.7 Å². The van der Waals surface area contributed by atoms with Crippen LogP contribution in [0.2, 0.25) is 0 Å². The highest BCUT2D eigenvalue weighted by Gasteiger charge is 2.23. The molecule has 0 aliphatic heterocycles. The highest BCUT2D eigenvalue weighted by molar-refractivity contribution is 7.87. The molecule has 3 aromatic rings. The van der Waals surface area contributed by atoms with Gasteiger partial charge in [-0.3, -0.25) is 9.78 Å². The Bertz CT molecular complexity index is 1350. The van der Waals surface area contributed by atoms with Crippen LogP contribution in [-0.4, -0.2) is 80.7 Å². The van der Waals surface area contributed by atoms with Crippen molar-refractivity contribution in [1.29, 1.82) is 0 Å². The normalized spacial score (nSPS) is 12.1. The molecule has 2 aromatic carbocycles. The van der Waals surface area contributed by atoms with E-state index in [2.05, 4.69) is 18.7 Å². The molecule has 0 unspecified atom stereocenters. The van der Waals surface area contributed by atoms with Gasteiger partial charge in [0.2, 0.25) is 0 Å². The highest BCUT2D eigenvalue weighted by Crippen LogP contribution is 2.30. The Balaban J connectivity index is 1.67. The Morgan fingerprint density at radius 3 is 2.10 bits per heavy atom. The second kappa shape index (κ2) is 13.8. The van der Waals surface area contributed by atoms with Gasteiger partial charge in [0.1, 0.15) is 12.4 Å². The third-order valence-electron chi connectivity index (χ3n) is 6.00. The van der Waals surface area contributed by atoms with Crippen LogP contribution in [0.15, 0.2) is 66.9 Å². The lowest BCUT2D eigenvalue weighted by Crippen LogP contribution is -2.42. The maximum Gasteiger partial charge on any atom is 0.303 e. The summed E-state index contributed by atoms with van der Waals surface area (Å²) in [4.78, 5) is 23.9. The number of nitrogens with zero attached hydrogens (tertiary/aromatic N) is 4. The van der Waals surface area contributed by atoms with E-state index in [0.29, 0.717) is 13.2 Å². The molecule has 0 radical (unpaired) electrons. The standard InChI is InChI=1S/C29H39N5O5S/c1-22(2)34(17-18-39-29(3,4)21-38-20-26(35)32-40(36,37)33(5)6)25-19-30-27(23-13-9-7-10-14-23)28(31-25)24-15-11-8-12-16-24/h7-16,19,22H,17-18,20-21H2,1-6H3,(H,32,35). The van der Waals surface area contributed by atoms with Crippen molar-refractivity contribution in [3.63, 3.8) is 0 Å². The minimum Gasteiger partial charge on any atom is -0.371 e. The zero-order valence-corrected chi connectivity index (χ0v) is 24.8. The van der Waals surface area contributed by atoms with Crippen LogP contribution in [0.5, 0.6) is 0 Å². The molecular formula is C29H39N5O5S. The van der Waals surface area contributed by atoms with E-state index in [1.165, 1.54) is 14.1 Å². The predicted molar refractivity (Wildman–Crippen MR) is 157 cm³/mol. The number of carbonyl (C=O) groups is 1. The fourth-order valence-corrected chi connectivity index (χ4v) is 4.41. The number of nitrogens with one attached hydrogen (secondary N) is 1. The van der Waals surface area contributed by atoms with Gasteiger partial charge < -0.3 is 14.4 Å². The first kappa shape index (κ1) is 31.2. The molecule has 216 valence electrons. The molecular weight excluding hydrogens is 530 g/mol. The SMILES string of the molecule is CC(C)N(CCOC(C)(C)COCC(=O)NS(=O)(=O)N(C)C)c1cnc(-c2ccccc2)c(-c2ccccc2)n1. The molecule has 1 aromatic heterocycles. The molecule has 0 aliphatic carbocycles. The summed E-state index contributed by atoms with van der Waals surface area (Å²) in [5.74, 6) is -0.00723. The Morgan fingerprint density at radius 1 is 0.975 bits per heavy atom. The zero-order chi connectivity index (χ0) is 29.3. The number of rotatable bonds is 14. The van der Waals surface area contributed by atoms with E-state index < -0.39 is 28.3 Å². The first-order valence-corrected chi connectivity index (χ1v) is 14.5. The molecule has 40 heavy (non-hydrogen) atoms. The van der Waals surface area contributed by atoms with E-state index in [1.807, 2.05) is 79.2 Å². The van der Waals surface area contributed by atoms with E-state index in [-0.39, 0.29) is 12.6 Å². The van der Waals surface area contributed by atoms with Crippen molar-refractivity contribution < 1.29 is 22.7 Å². The topological polar surface area (TPSA) is 114 Å². The summed E-state index contributed by atoms with van der Waals surface area (Å²) < 4.78 is 37.9. The molecule has 0 aliphatic rings. The van der Waals surface area contributed by atoms with Crippen LogP contribution in [0.3, 0.4) is 0 Å². The first-order chi connectivity index (χ1) is 18.9.